The first-order valence-electron chi connectivity index (χ1n) is 9.04. The summed E-state index contributed by atoms with van der Waals surface area (Å²) in [7, 11) is 6.22. The monoisotopic (exact) mass is 340 g/mol. The van der Waals surface area contributed by atoms with E-state index in [1.807, 2.05) is 37.4 Å². The van der Waals surface area contributed by atoms with Crippen molar-refractivity contribution in [3.8, 4) is 0 Å². The average Bonchev–Trinajstić information content (AvgIpc) is 2.65. The minimum Gasteiger partial charge on any atom is -0.339 e. The summed E-state index contributed by atoms with van der Waals surface area (Å²) < 4.78 is 0. The predicted molar refractivity (Wildman–Crippen MR) is 102 cm³/mol. The van der Waals surface area contributed by atoms with Gasteiger partial charge in [-0.05, 0) is 51.5 Å². The summed E-state index contributed by atoms with van der Waals surface area (Å²) in [5.74, 6) is -0.00595. The summed E-state index contributed by atoms with van der Waals surface area (Å²) in [6, 6.07) is 10.5. The van der Waals surface area contributed by atoms with Crippen LogP contribution in [-0.2, 0) is 0 Å². The van der Waals surface area contributed by atoms with E-state index in [9.17, 15) is 4.79 Å². The van der Waals surface area contributed by atoms with Crippen LogP contribution in [0.1, 0.15) is 23.3 Å². The van der Waals surface area contributed by atoms with E-state index >= 15 is 0 Å². The summed E-state index contributed by atoms with van der Waals surface area (Å²) >= 11 is 0. The number of likely N-dealkylation sites (tertiary alicyclic amines) is 1. The molecule has 1 aliphatic heterocycles. The second-order valence-corrected chi connectivity index (χ2v) is 7.12. The van der Waals surface area contributed by atoms with Crippen LogP contribution in [0, 0.1) is 0 Å². The second-order valence-electron chi connectivity index (χ2n) is 7.12. The number of carbonyl (C=O) groups is 1. The van der Waals surface area contributed by atoms with Gasteiger partial charge in [0.25, 0.3) is 5.91 Å². The number of nitrogens with zero attached hydrogens (tertiary/aromatic N) is 4. The molecule has 1 aromatic carbocycles. The first-order valence-corrected chi connectivity index (χ1v) is 9.04. The van der Waals surface area contributed by atoms with Gasteiger partial charge in [0, 0.05) is 37.8 Å². The minimum atomic E-state index is -0.00595. The minimum absolute atomic E-state index is 0.00595. The molecule has 2 heterocycles. The Labute approximate surface area is 150 Å². The molecule has 0 N–H and O–H groups in total. The molecule has 0 bridgehead atoms. The van der Waals surface area contributed by atoms with Gasteiger partial charge in [-0.1, -0.05) is 24.3 Å². The molecule has 5 nitrogen and oxygen atoms in total. The van der Waals surface area contributed by atoms with Crippen molar-refractivity contribution in [1.82, 2.24) is 19.7 Å². The molecule has 1 aromatic heterocycles. The van der Waals surface area contributed by atoms with E-state index in [0.717, 1.165) is 30.4 Å². The first-order chi connectivity index (χ1) is 12.1. The summed E-state index contributed by atoms with van der Waals surface area (Å²) in [4.78, 5) is 23.7. The summed E-state index contributed by atoms with van der Waals surface area (Å²) in [5, 5.41) is 1.98. The van der Waals surface area contributed by atoms with E-state index in [2.05, 4.69) is 28.9 Å². The van der Waals surface area contributed by atoms with Crippen molar-refractivity contribution < 1.29 is 4.79 Å². The van der Waals surface area contributed by atoms with Gasteiger partial charge in [0.2, 0.25) is 0 Å². The number of hydrogen-bond acceptors (Lipinski definition) is 4. The Morgan fingerprint density at radius 3 is 2.64 bits per heavy atom. The molecule has 1 fully saturated rings. The number of piperidine rings is 1. The lowest BCUT2D eigenvalue weighted by atomic mass is 10.0. The van der Waals surface area contributed by atoms with Gasteiger partial charge in [-0.2, -0.15) is 0 Å². The largest absolute Gasteiger partial charge is 0.339 e. The standard InChI is InChI=1S/C20H28N4O/c1-22-12-9-17(10-13-22)23(2)14-15-24(3)20(25)19-18-7-5-4-6-16(18)8-11-21-19/h4-8,11,17H,9-10,12-15H2,1-3H3. The van der Waals surface area contributed by atoms with Crippen molar-refractivity contribution in [2.75, 3.05) is 47.3 Å². The van der Waals surface area contributed by atoms with E-state index in [0.29, 0.717) is 18.3 Å². The van der Waals surface area contributed by atoms with Crippen LogP contribution in [0.25, 0.3) is 10.8 Å². The molecule has 5 heteroatoms. The molecule has 1 amide bonds. The third-order valence-corrected chi connectivity index (χ3v) is 5.32. The molecule has 1 aliphatic rings. The number of amides is 1. The number of carbonyl (C=O) groups excluding carboxylic acids is 1. The fourth-order valence-corrected chi connectivity index (χ4v) is 3.50. The Morgan fingerprint density at radius 2 is 1.88 bits per heavy atom. The van der Waals surface area contributed by atoms with Crippen molar-refractivity contribution in [2.24, 2.45) is 0 Å². The Morgan fingerprint density at radius 1 is 1.16 bits per heavy atom. The van der Waals surface area contributed by atoms with Gasteiger partial charge in [-0.3, -0.25) is 9.78 Å². The summed E-state index contributed by atoms with van der Waals surface area (Å²) in [6.45, 7) is 3.92. The van der Waals surface area contributed by atoms with E-state index < -0.39 is 0 Å². The highest BCUT2D eigenvalue weighted by atomic mass is 16.2. The number of benzene rings is 1. The smallest absolute Gasteiger partial charge is 0.272 e. The zero-order chi connectivity index (χ0) is 17.8. The van der Waals surface area contributed by atoms with Crippen LogP contribution in [0.4, 0.5) is 0 Å². The zero-order valence-corrected chi connectivity index (χ0v) is 15.5. The van der Waals surface area contributed by atoms with E-state index in [1.165, 1.54) is 12.8 Å². The van der Waals surface area contributed by atoms with E-state index in [1.54, 1.807) is 11.1 Å². The van der Waals surface area contributed by atoms with Gasteiger partial charge >= 0.3 is 0 Å². The molecule has 0 radical (unpaired) electrons. The lowest BCUT2D eigenvalue weighted by Crippen LogP contribution is -2.44. The van der Waals surface area contributed by atoms with E-state index in [-0.39, 0.29) is 5.91 Å². The van der Waals surface area contributed by atoms with Gasteiger partial charge in [-0.15, -0.1) is 0 Å². The van der Waals surface area contributed by atoms with E-state index in [4.69, 9.17) is 0 Å². The number of fused-ring (bicyclic) bond motifs is 1. The van der Waals surface area contributed by atoms with Gasteiger partial charge in [0.05, 0.1) is 0 Å². The highest BCUT2D eigenvalue weighted by Gasteiger charge is 2.22. The average molecular weight is 340 g/mol. The SMILES string of the molecule is CN1CCC(N(C)CCN(C)C(=O)c2nccc3ccccc23)CC1. The maximum Gasteiger partial charge on any atom is 0.272 e. The molecule has 0 unspecified atom stereocenters. The molecular formula is C20H28N4O. The Bertz CT molecular complexity index is 719. The quantitative estimate of drug-likeness (QED) is 0.837. The normalized spacial score (nSPS) is 16.5. The van der Waals surface area contributed by atoms with Crippen molar-refractivity contribution in [3.05, 3.63) is 42.2 Å². The second kappa shape index (κ2) is 7.93. The molecule has 0 saturated carbocycles. The van der Waals surface area contributed by atoms with Crippen molar-refractivity contribution >= 4 is 16.7 Å². The van der Waals surface area contributed by atoms with Crippen LogP contribution >= 0.6 is 0 Å². The molecule has 0 spiro atoms. The first kappa shape index (κ1) is 17.8. The number of aromatic nitrogens is 1. The van der Waals surface area contributed by atoms with Crippen LogP contribution in [0.15, 0.2) is 36.5 Å². The molecule has 2 aromatic rings. The Balaban J connectivity index is 1.61. The molecule has 25 heavy (non-hydrogen) atoms. The highest BCUT2D eigenvalue weighted by Crippen LogP contribution is 2.18. The molecule has 134 valence electrons. The van der Waals surface area contributed by atoms with Crippen molar-refractivity contribution in [2.45, 2.75) is 18.9 Å². The third-order valence-electron chi connectivity index (χ3n) is 5.32. The maximum atomic E-state index is 12.8. The van der Waals surface area contributed by atoms with Crippen LogP contribution < -0.4 is 0 Å². The molecular weight excluding hydrogens is 312 g/mol. The lowest BCUT2D eigenvalue weighted by Gasteiger charge is -2.35. The summed E-state index contributed by atoms with van der Waals surface area (Å²) in [5.41, 5.74) is 0.544. The van der Waals surface area contributed by atoms with Gasteiger partial charge in [0.15, 0.2) is 0 Å². The van der Waals surface area contributed by atoms with Crippen LogP contribution in [0.3, 0.4) is 0 Å². The zero-order valence-electron chi connectivity index (χ0n) is 15.5. The molecule has 3 rings (SSSR count). The summed E-state index contributed by atoms with van der Waals surface area (Å²) in [6.07, 6.45) is 4.12. The molecule has 0 aliphatic carbocycles. The Hall–Kier alpha value is -1.98. The Kier molecular flexibility index (Phi) is 5.66. The van der Waals surface area contributed by atoms with Crippen LogP contribution in [0.5, 0.6) is 0 Å². The topological polar surface area (TPSA) is 39.7 Å². The highest BCUT2D eigenvalue weighted by molar-refractivity contribution is 6.04. The van der Waals surface area contributed by atoms with Crippen molar-refractivity contribution in [3.63, 3.8) is 0 Å². The molecule has 1 saturated heterocycles. The van der Waals surface area contributed by atoms with Crippen LogP contribution in [0.2, 0.25) is 0 Å². The fraction of sp³-hybridized carbons (Fsp3) is 0.500. The number of hydrogen-bond donors (Lipinski definition) is 0. The number of likely N-dealkylation sites (N-methyl/N-ethyl adjacent to an activating group) is 2. The molecule has 0 atom stereocenters. The van der Waals surface area contributed by atoms with Gasteiger partial charge in [-0.25, -0.2) is 0 Å². The van der Waals surface area contributed by atoms with Gasteiger partial charge in [0.1, 0.15) is 5.69 Å². The fourth-order valence-electron chi connectivity index (χ4n) is 3.50. The predicted octanol–water partition coefficient (Wildman–Crippen LogP) is 2.33. The number of rotatable bonds is 5. The lowest BCUT2D eigenvalue weighted by molar-refractivity contribution is 0.0755. The van der Waals surface area contributed by atoms with Crippen LogP contribution in [-0.4, -0.2) is 79.0 Å². The number of pyridine rings is 1. The maximum absolute atomic E-state index is 12.8. The van der Waals surface area contributed by atoms with Gasteiger partial charge < -0.3 is 14.7 Å². The third kappa shape index (κ3) is 4.17. The van der Waals surface area contributed by atoms with Crippen molar-refractivity contribution in [1.29, 1.82) is 0 Å².